The van der Waals surface area contributed by atoms with E-state index in [1.165, 1.54) is 6.07 Å². The molecule has 0 bridgehead atoms. The maximum Gasteiger partial charge on any atom is 0.374 e. The van der Waals surface area contributed by atoms with Gasteiger partial charge in [0.2, 0.25) is 5.76 Å². The van der Waals surface area contributed by atoms with Crippen LogP contribution in [0, 0.1) is 0 Å². The van der Waals surface area contributed by atoms with Crippen molar-refractivity contribution in [2.75, 3.05) is 13.7 Å². The van der Waals surface area contributed by atoms with Gasteiger partial charge in [0.05, 0.1) is 30.5 Å². The molecule has 162 valence electrons. The summed E-state index contributed by atoms with van der Waals surface area (Å²) in [6.07, 6.45) is 0. The third-order valence-electron chi connectivity index (χ3n) is 4.81. The molecule has 0 atom stereocenters. The fraction of sp³-hybridized carbons (Fsp3) is 0.160. The lowest BCUT2D eigenvalue weighted by Gasteiger charge is -2.10. The highest BCUT2D eigenvalue weighted by Crippen LogP contribution is 2.27. The number of fused-ring (bicyclic) bond motifs is 1. The van der Waals surface area contributed by atoms with Crippen molar-refractivity contribution < 1.29 is 28.2 Å². The Hall–Kier alpha value is -4.13. The number of hydrogen-bond acceptors (Lipinski definition) is 7. The van der Waals surface area contributed by atoms with Gasteiger partial charge in [-0.15, -0.1) is 0 Å². The van der Waals surface area contributed by atoms with E-state index in [0.29, 0.717) is 27.9 Å². The van der Waals surface area contributed by atoms with Crippen molar-refractivity contribution in [1.29, 1.82) is 0 Å². The maximum absolute atomic E-state index is 13.0. The van der Waals surface area contributed by atoms with Crippen molar-refractivity contribution in [3.05, 3.63) is 83.8 Å². The van der Waals surface area contributed by atoms with Gasteiger partial charge in [0.15, 0.2) is 0 Å². The Morgan fingerprint density at radius 1 is 0.938 bits per heavy atom. The van der Waals surface area contributed by atoms with E-state index in [0.717, 1.165) is 11.3 Å². The molecule has 0 radical (unpaired) electrons. The molecular weight excluding hydrogens is 410 g/mol. The lowest BCUT2D eigenvalue weighted by molar-refractivity contribution is 0.0432. The second kappa shape index (κ2) is 9.34. The highest BCUT2D eigenvalue weighted by molar-refractivity contribution is 6.04. The molecule has 0 aliphatic carbocycles. The molecule has 0 aliphatic rings. The van der Waals surface area contributed by atoms with Crippen LogP contribution in [-0.4, -0.2) is 30.6 Å². The van der Waals surface area contributed by atoms with Gasteiger partial charge in [0.25, 0.3) is 0 Å². The molecule has 0 fully saturated rings. The van der Waals surface area contributed by atoms with Crippen LogP contribution in [0.2, 0.25) is 0 Å². The average Bonchev–Trinajstić information content (AvgIpc) is 3.31. The van der Waals surface area contributed by atoms with E-state index in [9.17, 15) is 9.59 Å². The zero-order chi connectivity index (χ0) is 22.5. The minimum Gasteiger partial charge on any atom is -0.497 e. The van der Waals surface area contributed by atoms with E-state index in [-0.39, 0.29) is 19.0 Å². The van der Waals surface area contributed by atoms with Gasteiger partial charge in [0.1, 0.15) is 18.1 Å². The molecule has 0 N–H and O–H groups in total. The van der Waals surface area contributed by atoms with Crippen molar-refractivity contribution in [3.8, 4) is 17.0 Å². The van der Waals surface area contributed by atoms with Gasteiger partial charge in [-0.1, -0.05) is 18.2 Å². The lowest BCUT2D eigenvalue weighted by Crippen LogP contribution is -2.07. The van der Waals surface area contributed by atoms with Crippen LogP contribution < -0.4 is 4.74 Å². The van der Waals surface area contributed by atoms with Crippen molar-refractivity contribution >= 4 is 22.8 Å². The molecule has 2 heterocycles. The number of carbonyl (C=O) groups excluding carboxylic acids is 2. The number of aromatic nitrogens is 1. The SMILES string of the molecule is CCOC(=O)c1ccc(COC(=O)c2cc(-c3ccc(OC)cc3)nc3ccccc23)o1. The first-order valence-corrected chi connectivity index (χ1v) is 10.1. The molecule has 0 saturated carbocycles. The summed E-state index contributed by atoms with van der Waals surface area (Å²) >= 11 is 0. The minimum atomic E-state index is -0.561. The fourth-order valence-corrected chi connectivity index (χ4v) is 3.24. The molecule has 2 aromatic heterocycles. The van der Waals surface area contributed by atoms with Crippen LogP contribution in [0.3, 0.4) is 0 Å². The number of hydrogen-bond donors (Lipinski definition) is 0. The first-order valence-electron chi connectivity index (χ1n) is 10.1. The van der Waals surface area contributed by atoms with Gasteiger partial charge in [-0.25, -0.2) is 14.6 Å². The van der Waals surface area contributed by atoms with Crippen LogP contribution in [0.1, 0.15) is 33.6 Å². The zero-order valence-corrected chi connectivity index (χ0v) is 17.7. The minimum absolute atomic E-state index is 0.0639. The Bertz CT molecular complexity index is 1260. The summed E-state index contributed by atoms with van der Waals surface area (Å²) in [5.41, 5.74) is 2.55. The molecule has 7 nitrogen and oxygen atoms in total. The quantitative estimate of drug-likeness (QED) is 0.379. The van der Waals surface area contributed by atoms with Crippen LogP contribution in [0.25, 0.3) is 22.2 Å². The van der Waals surface area contributed by atoms with E-state index in [1.807, 2.05) is 48.5 Å². The zero-order valence-electron chi connectivity index (χ0n) is 17.7. The summed E-state index contributed by atoms with van der Waals surface area (Å²) in [4.78, 5) is 29.4. The van der Waals surface area contributed by atoms with Gasteiger partial charge in [-0.05, 0) is 55.5 Å². The highest BCUT2D eigenvalue weighted by Gasteiger charge is 2.17. The van der Waals surface area contributed by atoms with Crippen LogP contribution in [0.15, 0.2) is 71.1 Å². The number of furan rings is 1. The standard InChI is InChI=1S/C25H21NO6/c1-3-30-25(28)23-13-12-18(32-23)15-31-24(27)20-14-22(16-8-10-17(29-2)11-9-16)26-21-7-5-4-6-19(20)21/h4-14H,3,15H2,1-2H3. The number of nitrogens with zero attached hydrogens (tertiary/aromatic N) is 1. The lowest BCUT2D eigenvalue weighted by atomic mass is 10.0. The van der Waals surface area contributed by atoms with Crippen molar-refractivity contribution in [2.45, 2.75) is 13.5 Å². The highest BCUT2D eigenvalue weighted by atomic mass is 16.6. The van der Waals surface area contributed by atoms with Gasteiger partial charge >= 0.3 is 11.9 Å². The topological polar surface area (TPSA) is 87.9 Å². The van der Waals surface area contributed by atoms with Crippen molar-refractivity contribution in [2.24, 2.45) is 0 Å². The number of pyridine rings is 1. The van der Waals surface area contributed by atoms with Gasteiger partial charge in [-0.3, -0.25) is 0 Å². The molecular formula is C25H21NO6. The molecule has 0 spiro atoms. The molecule has 4 rings (SSSR count). The Balaban J connectivity index is 1.59. The van der Waals surface area contributed by atoms with E-state index >= 15 is 0 Å². The monoisotopic (exact) mass is 431 g/mol. The number of para-hydroxylation sites is 1. The summed E-state index contributed by atoms with van der Waals surface area (Å²) in [7, 11) is 1.60. The maximum atomic E-state index is 13.0. The number of ether oxygens (including phenoxy) is 3. The second-order valence-corrected chi connectivity index (χ2v) is 6.86. The van der Waals surface area contributed by atoms with E-state index < -0.39 is 11.9 Å². The number of esters is 2. The number of rotatable bonds is 7. The Morgan fingerprint density at radius 3 is 2.47 bits per heavy atom. The number of carbonyl (C=O) groups is 2. The van der Waals surface area contributed by atoms with Crippen LogP contribution in [0.4, 0.5) is 0 Å². The number of methoxy groups -OCH3 is 1. The summed E-state index contributed by atoms with van der Waals surface area (Å²) in [5, 5.41) is 0.682. The smallest absolute Gasteiger partial charge is 0.374 e. The summed E-state index contributed by atoms with van der Waals surface area (Å²) in [6.45, 7) is 1.84. The van der Waals surface area contributed by atoms with Gasteiger partial charge < -0.3 is 18.6 Å². The van der Waals surface area contributed by atoms with Crippen molar-refractivity contribution in [1.82, 2.24) is 4.98 Å². The number of benzene rings is 2. The summed E-state index contributed by atoms with van der Waals surface area (Å²) in [6, 6.07) is 19.6. The molecule has 0 saturated heterocycles. The largest absolute Gasteiger partial charge is 0.497 e. The summed E-state index contributed by atoms with van der Waals surface area (Å²) < 4.78 is 21.0. The molecule has 2 aromatic carbocycles. The van der Waals surface area contributed by atoms with E-state index in [1.54, 1.807) is 26.2 Å². The molecule has 0 amide bonds. The average molecular weight is 431 g/mol. The Kier molecular flexibility index (Phi) is 6.17. The molecule has 4 aromatic rings. The van der Waals surface area contributed by atoms with Crippen molar-refractivity contribution in [3.63, 3.8) is 0 Å². The van der Waals surface area contributed by atoms with E-state index in [2.05, 4.69) is 4.98 Å². The normalized spacial score (nSPS) is 10.7. The first kappa shape index (κ1) is 21.1. The molecule has 0 aliphatic heterocycles. The summed E-state index contributed by atoms with van der Waals surface area (Å²) in [5.74, 6) is 0.0563. The molecule has 7 heteroatoms. The van der Waals surface area contributed by atoms with Gasteiger partial charge in [-0.2, -0.15) is 0 Å². The fourth-order valence-electron chi connectivity index (χ4n) is 3.24. The third-order valence-corrected chi connectivity index (χ3v) is 4.81. The second-order valence-electron chi connectivity index (χ2n) is 6.86. The predicted molar refractivity (Wildman–Crippen MR) is 118 cm³/mol. The molecule has 0 unspecified atom stereocenters. The first-order chi connectivity index (χ1) is 15.6. The molecule has 32 heavy (non-hydrogen) atoms. The van der Waals surface area contributed by atoms with Crippen LogP contribution in [-0.2, 0) is 16.1 Å². The predicted octanol–water partition coefficient (Wildman–Crippen LogP) is 5.04. The van der Waals surface area contributed by atoms with Crippen LogP contribution >= 0.6 is 0 Å². The van der Waals surface area contributed by atoms with Crippen LogP contribution in [0.5, 0.6) is 5.75 Å². The third kappa shape index (κ3) is 4.46. The van der Waals surface area contributed by atoms with Gasteiger partial charge in [0, 0.05) is 10.9 Å². The van der Waals surface area contributed by atoms with E-state index in [4.69, 9.17) is 18.6 Å². The Labute approximate surface area is 184 Å². The Morgan fingerprint density at radius 2 is 1.72 bits per heavy atom.